The summed E-state index contributed by atoms with van der Waals surface area (Å²) in [7, 11) is 3.21. The standard InChI is InChI=1S/C60H67F5O6S2/c1-36-31-39(13-22-47(36)70-29-27-68-25-23-66-11)48-34-45-50-51(60(64,65)57(10,61)59(50,62)63)46-35-49(40-32-37(2)52(38(3)33-40)71-30-28-69-26-24-67-12)73-54(46)58(53(45)72-48,43-18-14-41(15-19-43)55(4,5)6)44-20-16-42(17-21-44)56(7,8)9/h13-22,31-35H,23-30H2,1-12H3. The first-order chi connectivity index (χ1) is 34.4. The summed E-state index contributed by atoms with van der Waals surface area (Å²) in [5, 5.41) is 0. The van der Waals surface area contributed by atoms with Crippen molar-refractivity contribution in [3.05, 3.63) is 151 Å². The number of aryl methyl sites for hydroxylation is 3. The fourth-order valence-electron chi connectivity index (χ4n) is 10.0. The first kappa shape index (κ1) is 54.4. The maximum Gasteiger partial charge on any atom is 0.313 e. The zero-order valence-electron chi connectivity index (χ0n) is 44.0. The van der Waals surface area contributed by atoms with E-state index < -0.39 is 34.1 Å². The Hall–Kier alpha value is -4.89. The molecule has 0 aliphatic heterocycles. The van der Waals surface area contributed by atoms with Gasteiger partial charge in [-0.15, -0.1) is 22.7 Å². The van der Waals surface area contributed by atoms with Crippen molar-refractivity contribution >= 4 is 33.8 Å². The predicted octanol–water partition coefficient (Wildman–Crippen LogP) is 15.4. The molecule has 390 valence electrons. The summed E-state index contributed by atoms with van der Waals surface area (Å²) in [4.78, 5) is 1.88. The van der Waals surface area contributed by atoms with Crippen molar-refractivity contribution in [3.63, 3.8) is 0 Å². The van der Waals surface area contributed by atoms with Crippen LogP contribution in [0.5, 0.6) is 11.5 Å². The molecule has 13 heteroatoms. The topological polar surface area (TPSA) is 55.4 Å². The zero-order valence-corrected chi connectivity index (χ0v) is 45.6. The Balaban J connectivity index is 1.42. The molecule has 0 fully saturated rings. The predicted molar refractivity (Wildman–Crippen MR) is 286 cm³/mol. The number of halogens is 5. The third-order valence-corrected chi connectivity index (χ3v) is 16.7. The van der Waals surface area contributed by atoms with E-state index in [2.05, 4.69) is 41.5 Å². The second kappa shape index (κ2) is 20.7. The lowest BCUT2D eigenvalue weighted by atomic mass is 9.69. The van der Waals surface area contributed by atoms with Gasteiger partial charge in [0.25, 0.3) is 0 Å². The molecular weight excluding hydrogens is 976 g/mol. The Bertz CT molecular complexity index is 2890. The third-order valence-electron chi connectivity index (χ3n) is 14.1. The number of rotatable bonds is 18. The Kier molecular flexibility index (Phi) is 15.4. The van der Waals surface area contributed by atoms with Gasteiger partial charge in [-0.05, 0) is 131 Å². The van der Waals surface area contributed by atoms with Gasteiger partial charge >= 0.3 is 11.8 Å². The van der Waals surface area contributed by atoms with E-state index in [0.717, 1.165) is 27.8 Å². The molecule has 0 amide bonds. The van der Waals surface area contributed by atoms with Crippen molar-refractivity contribution in [2.24, 2.45) is 0 Å². The first-order valence-corrected chi connectivity index (χ1v) is 26.4. The van der Waals surface area contributed by atoms with Crippen LogP contribution in [0.2, 0.25) is 0 Å². The van der Waals surface area contributed by atoms with E-state index in [9.17, 15) is 0 Å². The van der Waals surface area contributed by atoms with Crippen molar-refractivity contribution < 1.29 is 50.4 Å². The van der Waals surface area contributed by atoms with Gasteiger partial charge in [0.05, 0.1) is 45.1 Å². The highest BCUT2D eigenvalue weighted by Gasteiger charge is 2.77. The Morgan fingerprint density at radius 3 is 1.32 bits per heavy atom. The smallest absolute Gasteiger partial charge is 0.313 e. The van der Waals surface area contributed by atoms with E-state index in [4.69, 9.17) is 28.4 Å². The minimum absolute atomic E-state index is 0.113. The lowest BCUT2D eigenvalue weighted by Crippen LogP contribution is -2.50. The third kappa shape index (κ3) is 9.83. The van der Waals surface area contributed by atoms with Crippen LogP contribution in [0.3, 0.4) is 0 Å². The van der Waals surface area contributed by atoms with E-state index in [1.807, 2.05) is 99.6 Å². The quantitative estimate of drug-likeness (QED) is 0.0632. The average Bonchev–Trinajstić information content (AvgIpc) is 3.97. The summed E-state index contributed by atoms with van der Waals surface area (Å²) >= 11 is 2.54. The number of hydrogen-bond acceptors (Lipinski definition) is 8. The number of ether oxygens (including phenoxy) is 6. The number of allylic oxidation sites excluding steroid dienone is 2. The van der Waals surface area contributed by atoms with Crippen LogP contribution in [0, 0.1) is 20.8 Å². The van der Waals surface area contributed by atoms with Crippen LogP contribution in [0.1, 0.15) is 108 Å². The Morgan fingerprint density at radius 2 is 0.890 bits per heavy atom. The largest absolute Gasteiger partial charge is 0.491 e. The van der Waals surface area contributed by atoms with Gasteiger partial charge in [-0.2, -0.15) is 17.6 Å². The second-order valence-electron chi connectivity index (χ2n) is 21.3. The maximum absolute atomic E-state index is 17.6. The van der Waals surface area contributed by atoms with Gasteiger partial charge in [0, 0.05) is 56.0 Å². The highest BCUT2D eigenvalue weighted by Crippen LogP contribution is 2.70. The summed E-state index contributed by atoms with van der Waals surface area (Å²) in [5.74, 6) is -7.99. The van der Waals surface area contributed by atoms with E-state index >= 15 is 22.0 Å². The molecule has 0 saturated heterocycles. The molecular formula is C60H67F5O6S2. The maximum atomic E-state index is 17.6. The number of alkyl halides is 5. The molecule has 6 aromatic rings. The lowest BCUT2D eigenvalue weighted by Gasteiger charge is -2.37. The van der Waals surface area contributed by atoms with Crippen molar-refractivity contribution in [1.82, 2.24) is 0 Å². The lowest BCUT2D eigenvalue weighted by molar-refractivity contribution is -0.173. The number of thiophene rings is 2. The van der Waals surface area contributed by atoms with E-state index in [-0.39, 0.29) is 28.6 Å². The van der Waals surface area contributed by atoms with Gasteiger partial charge < -0.3 is 28.4 Å². The van der Waals surface area contributed by atoms with E-state index in [1.54, 1.807) is 26.4 Å². The second-order valence-corrected chi connectivity index (χ2v) is 23.4. The first-order valence-electron chi connectivity index (χ1n) is 24.7. The van der Waals surface area contributed by atoms with Crippen LogP contribution in [0.25, 0.3) is 32.0 Å². The summed E-state index contributed by atoms with van der Waals surface area (Å²) < 4.78 is 121. The normalized spacial score (nSPS) is 17.8. The van der Waals surface area contributed by atoms with Gasteiger partial charge in [-0.1, -0.05) is 90.1 Å². The van der Waals surface area contributed by atoms with Crippen molar-refractivity contribution in [3.8, 4) is 32.4 Å². The zero-order chi connectivity index (χ0) is 52.9. The molecule has 1 atom stereocenters. The number of fused-ring (bicyclic) bond motifs is 4. The summed E-state index contributed by atoms with van der Waals surface area (Å²) in [6, 6.07) is 28.7. The van der Waals surface area contributed by atoms with Crippen LogP contribution in [0.15, 0.2) is 91.0 Å². The van der Waals surface area contributed by atoms with Crippen molar-refractivity contribution in [1.29, 1.82) is 0 Å². The molecule has 2 aliphatic carbocycles. The van der Waals surface area contributed by atoms with Crippen molar-refractivity contribution in [2.45, 2.75) is 103 Å². The molecule has 8 rings (SSSR count). The number of hydrogen-bond donors (Lipinski definition) is 0. The van der Waals surface area contributed by atoms with Gasteiger partial charge in [0.15, 0.2) is 0 Å². The molecule has 73 heavy (non-hydrogen) atoms. The van der Waals surface area contributed by atoms with E-state index in [0.29, 0.717) is 106 Å². The summed E-state index contributed by atoms with van der Waals surface area (Å²) in [5.41, 5.74) is -1.32. The molecule has 0 radical (unpaired) electrons. The van der Waals surface area contributed by atoms with Gasteiger partial charge in [0.2, 0.25) is 5.67 Å². The molecule has 2 aliphatic rings. The van der Waals surface area contributed by atoms with Crippen LogP contribution in [0.4, 0.5) is 22.0 Å². The molecule has 0 spiro atoms. The fourth-order valence-corrected chi connectivity index (χ4v) is 12.9. The molecule has 0 saturated carbocycles. The van der Waals surface area contributed by atoms with Gasteiger partial charge in [-0.3, -0.25) is 0 Å². The Morgan fingerprint density at radius 1 is 0.479 bits per heavy atom. The molecule has 0 bridgehead atoms. The molecule has 1 unspecified atom stereocenters. The van der Waals surface area contributed by atoms with Gasteiger partial charge in [0.1, 0.15) is 24.7 Å². The molecule has 4 aromatic carbocycles. The van der Waals surface area contributed by atoms with Crippen LogP contribution in [-0.2, 0) is 35.2 Å². The minimum atomic E-state index is -4.63. The molecule has 6 nitrogen and oxygen atoms in total. The van der Waals surface area contributed by atoms with Crippen LogP contribution in [-0.4, -0.2) is 84.6 Å². The summed E-state index contributed by atoms with van der Waals surface area (Å²) in [6.07, 6.45) is 0. The SMILES string of the molecule is COCCOCCOc1ccc(-c2cc3c(s2)C(c2ccc(C(C)(C)C)cc2)(c2ccc(C(C)(C)C)cc2)c2sc(-c4cc(C)c(OCCOCCOC)c(C)c4)cc2C2=C3C(F)(F)C(C)(F)C2(F)F)cc1C. The van der Waals surface area contributed by atoms with Crippen molar-refractivity contribution in [2.75, 3.05) is 67.1 Å². The molecule has 2 aromatic heterocycles. The molecule has 0 N–H and O–H groups in total. The monoisotopic (exact) mass is 1040 g/mol. The fraction of sp³-hybridized carbons (Fsp3) is 0.433. The highest BCUT2D eigenvalue weighted by molar-refractivity contribution is 7.18. The Labute approximate surface area is 435 Å². The number of benzene rings is 4. The highest BCUT2D eigenvalue weighted by atomic mass is 32.1. The van der Waals surface area contributed by atoms with Gasteiger partial charge in [-0.25, -0.2) is 4.39 Å². The number of methoxy groups -OCH3 is 2. The van der Waals surface area contributed by atoms with Crippen LogP contribution < -0.4 is 9.47 Å². The van der Waals surface area contributed by atoms with Crippen LogP contribution >= 0.6 is 22.7 Å². The average molecular weight is 1040 g/mol. The minimum Gasteiger partial charge on any atom is -0.491 e. The summed E-state index contributed by atoms with van der Waals surface area (Å²) in [6.45, 7) is 21.8. The van der Waals surface area contributed by atoms with E-state index in [1.165, 1.54) is 22.7 Å². The molecule has 2 heterocycles.